The van der Waals surface area contributed by atoms with Crippen molar-refractivity contribution in [2.75, 3.05) is 5.75 Å². The van der Waals surface area contributed by atoms with Crippen LogP contribution in [0.2, 0.25) is 0 Å². The molecule has 1 aliphatic heterocycles. The lowest BCUT2D eigenvalue weighted by atomic mass is 9.92. The zero-order valence-electron chi connectivity index (χ0n) is 16.9. The van der Waals surface area contributed by atoms with Crippen molar-refractivity contribution in [3.8, 4) is 0 Å². The number of thioether (sulfide) groups is 1. The molecule has 1 aromatic heterocycles. The maximum Gasteiger partial charge on any atom is 0.290 e. The number of fused-ring (bicyclic) bond motifs is 2. The average molecular weight is 424 g/mol. The van der Waals surface area contributed by atoms with E-state index in [9.17, 15) is 9.90 Å². The average Bonchev–Trinajstić information content (AvgIpc) is 3.51. The van der Waals surface area contributed by atoms with Gasteiger partial charge in [0, 0.05) is 17.4 Å². The molecule has 0 saturated heterocycles. The smallest absolute Gasteiger partial charge is 0.290 e. The van der Waals surface area contributed by atoms with Gasteiger partial charge in [0.05, 0.1) is 11.6 Å². The second-order valence-corrected chi connectivity index (χ2v) is 8.87. The molecule has 1 fully saturated rings. The van der Waals surface area contributed by atoms with E-state index in [0.29, 0.717) is 17.9 Å². The van der Waals surface area contributed by atoms with Gasteiger partial charge in [-0.05, 0) is 59.6 Å². The number of aromatic nitrogens is 1. The van der Waals surface area contributed by atoms with Crippen LogP contribution in [0.3, 0.4) is 0 Å². The molecule has 0 spiro atoms. The van der Waals surface area contributed by atoms with Crippen LogP contribution in [0.5, 0.6) is 0 Å². The molecule has 5 nitrogen and oxygen atoms in total. The topological polar surface area (TPSA) is 79.5 Å². The van der Waals surface area contributed by atoms with Gasteiger partial charge in [-0.3, -0.25) is 14.2 Å². The number of benzene rings is 2. The first-order valence-electron chi connectivity index (χ1n) is 10.2. The molecule has 2 N–H and O–H groups in total. The molecule has 30 heavy (non-hydrogen) atoms. The number of hydrogen-bond acceptors (Lipinski definition) is 4. The van der Waals surface area contributed by atoms with Crippen LogP contribution >= 0.6 is 11.8 Å². The van der Waals surface area contributed by atoms with Crippen molar-refractivity contribution in [3.63, 3.8) is 0 Å². The van der Waals surface area contributed by atoms with Gasteiger partial charge in [0.2, 0.25) is 0 Å². The fraction of sp³-hybridized carbons (Fsp3) is 0.333. The number of aliphatic hydroxyl groups excluding tert-OH is 1. The van der Waals surface area contributed by atoms with Gasteiger partial charge >= 0.3 is 0 Å². The van der Waals surface area contributed by atoms with Crippen LogP contribution < -0.4 is 5.56 Å². The third-order valence-electron chi connectivity index (χ3n) is 5.91. The fourth-order valence-electron chi connectivity index (χ4n) is 4.40. The SMILES string of the molecule is CC1CSc2c(C3CC3)c(Cc3cccc4ccccc34)c(CO)c(=O)n21.O=CO. The summed E-state index contributed by atoms with van der Waals surface area (Å²) in [7, 11) is 0. The molecule has 1 saturated carbocycles. The van der Waals surface area contributed by atoms with Gasteiger partial charge in [0.25, 0.3) is 12.0 Å². The number of carbonyl (C=O) groups is 1. The third kappa shape index (κ3) is 3.66. The molecular weight excluding hydrogens is 398 g/mol. The quantitative estimate of drug-likeness (QED) is 0.611. The molecule has 0 amide bonds. The maximum atomic E-state index is 13.2. The number of carboxylic acid groups (broad SMARTS) is 1. The lowest BCUT2D eigenvalue weighted by Gasteiger charge is -2.20. The van der Waals surface area contributed by atoms with Crippen LogP contribution in [0.1, 0.15) is 54.0 Å². The minimum atomic E-state index is -0.250. The highest BCUT2D eigenvalue weighted by Gasteiger charge is 2.36. The van der Waals surface area contributed by atoms with Crippen molar-refractivity contribution in [1.82, 2.24) is 4.57 Å². The van der Waals surface area contributed by atoms with Crippen molar-refractivity contribution in [2.24, 2.45) is 0 Å². The minimum absolute atomic E-state index is 0.00429. The van der Waals surface area contributed by atoms with E-state index >= 15 is 0 Å². The van der Waals surface area contributed by atoms with E-state index in [1.807, 2.05) is 16.3 Å². The summed E-state index contributed by atoms with van der Waals surface area (Å²) in [4.78, 5) is 21.5. The Balaban J connectivity index is 0.000000687. The molecule has 2 aromatic carbocycles. The Labute approximate surface area is 179 Å². The molecule has 2 aliphatic rings. The predicted octanol–water partition coefficient (Wildman–Crippen LogP) is 4.33. The highest BCUT2D eigenvalue weighted by molar-refractivity contribution is 7.99. The van der Waals surface area contributed by atoms with Crippen LogP contribution in [0.25, 0.3) is 10.8 Å². The second-order valence-electron chi connectivity index (χ2n) is 7.86. The number of aliphatic hydroxyl groups is 1. The van der Waals surface area contributed by atoms with E-state index in [-0.39, 0.29) is 24.7 Å². The molecule has 1 atom stereocenters. The molecule has 0 bridgehead atoms. The molecular formula is C24H25NO4S. The monoisotopic (exact) mass is 423 g/mol. The highest BCUT2D eigenvalue weighted by atomic mass is 32.2. The van der Waals surface area contributed by atoms with Gasteiger partial charge < -0.3 is 10.2 Å². The normalized spacial score (nSPS) is 17.3. The van der Waals surface area contributed by atoms with Crippen molar-refractivity contribution in [1.29, 1.82) is 0 Å². The van der Waals surface area contributed by atoms with E-state index in [4.69, 9.17) is 9.90 Å². The molecule has 156 valence electrons. The van der Waals surface area contributed by atoms with Crippen molar-refractivity contribution in [3.05, 3.63) is 75.1 Å². The summed E-state index contributed by atoms with van der Waals surface area (Å²) in [5.41, 5.74) is 4.24. The van der Waals surface area contributed by atoms with E-state index in [2.05, 4.69) is 49.4 Å². The zero-order valence-corrected chi connectivity index (χ0v) is 17.7. The fourth-order valence-corrected chi connectivity index (χ4v) is 5.80. The number of hydrogen-bond donors (Lipinski definition) is 2. The van der Waals surface area contributed by atoms with Gasteiger partial charge in [-0.2, -0.15) is 0 Å². The van der Waals surface area contributed by atoms with Crippen LogP contribution in [-0.4, -0.2) is 27.0 Å². The molecule has 1 aliphatic carbocycles. The standard InChI is InChI=1S/C23H23NO2S.CH2O2/c1-14-13-27-23-21(16-9-10-16)19(20(12-25)22(26)24(14)23)11-17-7-4-6-15-5-2-3-8-18(15)17;2-1-3/h2-8,14,16,25H,9-13H2,1H3;1H,(H,2,3). The van der Waals surface area contributed by atoms with Crippen LogP contribution in [0.4, 0.5) is 0 Å². The predicted molar refractivity (Wildman–Crippen MR) is 119 cm³/mol. The summed E-state index contributed by atoms with van der Waals surface area (Å²) in [6, 6.07) is 15.0. The molecule has 5 rings (SSSR count). The molecule has 2 heterocycles. The van der Waals surface area contributed by atoms with Gasteiger partial charge in [0.1, 0.15) is 0 Å². The summed E-state index contributed by atoms with van der Waals surface area (Å²) in [6.07, 6.45) is 3.09. The summed E-state index contributed by atoms with van der Waals surface area (Å²) in [5, 5.41) is 20.6. The molecule has 3 aromatic rings. The highest BCUT2D eigenvalue weighted by Crippen LogP contribution is 2.49. The van der Waals surface area contributed by atoms with Gasteiger partial charge in [-0.15, -0.1) is 11.8 Å². The Morgan fingerprint density at radius 3 is 2.53 bits per heavy atom. The number of rotatable bonds is 4. The van der Waals surface area contributed by atoms with E-state index in [1.54, 1.807) is 0 Å². The maximum absolute atomic E-state index is 13.2. The minimum Gasteiger partial charge on any atom is -0.483 e. The lowest BCUT2D eigenvalue weighted by Crippen LogP contribution is -2.29. The first-order chi connectivity index (χ1) is 14.6. The van der Waals surface area contributed by atoms with Crippen LogP contribution in [0, 0.1) is 0 Å². The zero-order chi connectivity index (χ0) is 21.3. The molecule has 1 unspecified atom stereocenters. The summed E-state index contributed by atoms with van der Waals surface area (Å²) in [5.74, 6) is 1.48. The number of pyridine rings is 1. The lowest BCUT2D eigenvalue weighted by molar-refractivity contribution is -0.122. The Morgan fingerprint density at radius 2 is 1.83 bits per heavy atom. The van der Waals surface area contributed by atoms with Gasteiger partial charge in [-0.1, -0.05) is 42.5 Å². The first kappa shape index (κ1) is 20.7. The van der Waals surface area contributed by atoms with Crippen molar-refractivity contribution in [2.45, 2.75) is 49.8 Å². The summed E-state index contributed by atoms with van der Waals surface area (Å²) in [6.45, 7) is 1.67. The Morgan fingerprint density at radius 1 is 1.13 bits per heavy atom. The molecule has 6 heteroatoms. The van der Waals surface area contributed by atoms with Crippen LogP contribution in [-0.2, 0) is 17.8 Å². The summed E-state index contributed by atoms with van der Waals surface area (Å²) >= 11 is 1.81. The second kappa shape index (κ2) is 8.66. The van der Waals surface area contributed by atoms with Gasteiger partial charge in [0.15, 0.2) is 0 Å². The summed E-state index contributed by atoms with van der Waals surface area (Å²) < 4.78 is 1.94. The van der Waals surface area contributed by atoms with E-state index in [0.717, 1.165) is 16.3 Å². The van der Waals surface area contributed by atoms with Crippen molar-refractivity contribution >= 4 is 29.0 Å². The van der Waals surface area contributed by atoms with E-state index < -0.39 is 0 Å². The number of nitrogens with zero attached hydrogens (tertiary/aromatic N) is 1. The van der Waals surface area contributed by atoms with E-state index in [1.165, 1.54) is 34.7 Å². The Bertz CT molecular complexity index is 1140. The van der Waals surface area contributed by atoms with Crippen molar-refractivity contribution < 1.29 is 15.0 Å². The van der Waals surface area contributed by atoms with Gasteiger partial charge in [-0.25, -0.2) is 0 Å². The molecule has 0 radical (unpaired) electrons. The Kier molecular flexibility index (Phi) is 5.97. The largest absolute Gasteiger partial charge is 0.483 e. The van der Waals surface area contributed by atoms with Crippen LogP contribution in [0.15, 0.2) is 52.3 Å². The third-order valence-corrected chi connectivity index (χ3v) is 7.25. The first-order valence-corrected chi connectivity index (χ1v) is 11.2. The Hall–Kier alpha value is -2.57.